The van der Waals surface area contributed by atoms with Crippen LogP contribution in [0.3, 0.4) is 0 Å². The second-order valence-corrected chi connectivity index (χ2v) is 13.6. The van der Waals surface area contributed by atoms with Gasteiger partial charge in [0.25, 0.3) is 11.5 Å². The molecule has 0 bridgehead atoms. The number of benzene rings is 2. The molecule has 1 atom stereocenters. The maximum absolute atomic E-state index is 14.7. The monoisotopic (exact) mass is 474 g/mol. The van der Waals surface area contributed by atoms with Crippen LogP contribution in [0.2, 0.25) is 19.6 Å². The highest BCUT2D eigenvalue weighted by Crippen LogP contribution is 2.22. The molecule has 1 amide bonds. The largest absolute Gasteiger partial charge is 0.497 e. The second kappa shape index (κ2) is 9.53. The first-order valence-electron chi connectivity index (χ1n) is 10.1. The Morgan fingerprint density at radius 1 is 1.09 bits per heavy atom. The van der Waals surface area contributed by atoms with E-state index in [9.17, 15) is 23.2 Å². The molecule has 3 rings (SSSR count). The molecular formula is C23H24F2N2O5Si. The van der Waals surface area contributed by atoms with E-state index >= 15 is 0 Å². The van der Waals surface area contributed by atoms with Crippen molar-refractivity contribution in [2.45, 2.75) is 32.1 Å². The molecule has 33 heavy (non-hydrogen) atoms. The summed E-state index contributed by atoms with van der Waals surface area (Å²) < 4.78 is 39.2. The fourth-order valence-corrected chi connectivity index (χ4v) is 5.07. The van der Waals surface area contributed by atoms with Gasteiger partial charge in [0.05, 0.1) is 21.3 Å². The number of hydrogen-bond acceptors (Lipinski definition) is 5. The molecule has 3 aromatic rings. The van der Waals surface area contributed by atoms with Crippen molar-refractivity contribution in [3.8, 4) is 5.75 Å². The summed E-state index contributed by atoms with van der Waals surface area (Å²) in [6, 6.07) is 8.51. The van der Waals surface area contributed by atoms with Crippen LogP contribution in [-0.4, -0.2) is 32.0 Å². The fraction of sp³-hybridized carbons (Fsp3) is 0.261. The molecule has 0 saturated heterocycles. The van der Waals surface area contributed by atoms with Crippen molar-refractivity contribution in [3.63, 3.8) is 0 Å². The number of aromatic amines is 1. The first-order valence-corrected chi connectivity index (χ1v) is 13.6. The molecule has 2 N–H and O–H groups in total. The number of ether oxygens (including phenoxy) is 1. The van der Waals surface area contributed by atoms with Gasteiger partial charge in [-0.25, -0.2) is 8.78 Å². The number of carbonyl (C=O) groups is 2. The van der Waals surface area contributed by atoms with Crippen molar-refractivity contribution in [2.75, 3.05) is 7.11 Å². The van der Waals surface area contributed by atoms with E-state index in [1.165, 1.54) is 7.11 Å². The van der Waals surface area contributed by atoms with Gasteiger partial charge in [0.15, 0.2) is 5.78 Å². The van der Waals surface area contributed by atoms with Crippen LogP contribution in [0.15, 0.2) is 51.8 Å². The molecule has 0 aliphatic heterocycles. The van der Waals surface area contributed by atoms with E-state index in [0.717, 1.165) is 18.2 Å². The average Bonchev–Trinajstić information content (AvgIpc) is 3.16. The number of amides is 1. The number of aromatic nitrogens is 1. The Hall–Kier alpha value is -3.53. The highest BCUT2D eigenvalue weighted by atomic mass is 28.3. The lowest BCUT2D eigenvalue weighted by molar-refractivity contribution is -0.120. The lowest BCUT2D eigenvalue weighted by Gasteiger charge is -2.20. The first kappa shape index (κ1) is 24.1. The van der Waals surface area contributed by atoms with E-state index in [1.807, 2.05) is 24.8 Å². The van der Waals surface area contributed by atoms with Crippen LogP contribution in [0.25, 0.3) is 0 Å². The number of nitrogens with one attached hydrogen (secondary N) is 2. The quantitative estimate of drug-likeness (QED) is 0.489. The molecule has 0 aliphatic carbocycles. The number of rotatable bonds is 8. The minimum Gasteiger partial charge on any atom is -0.497 e. The van der Waals surface area contributed by atoms with Crippen LogP contribution in [0.4, 0.5) is 8.78 Å². The lowest BCUT2D eigenvalue weighted by atomic mass is 9.97. The number of Topliss-reactive ketones (excluding diaryl/α,β-unsaturated/α-hetero) is 1. The van der Waals surface area contributed by atoms with Gasteiger partial charge in [-0.05, 0) is 35.4 Å². The van der Waals surface area contributed by atoms with Crippen LogP contribution < -0.4 is 20.8 Å². The SMILES string of the molecule is COc1ccc([C@@H](NC(=O)c2cc(=O)[nH]o2)C(=O)Cc2cc(F)c([Si](C)(C)C)c(F)c2)cc1. The average molecular weight is 475 g/mol. The molecule has 10 heteroatoms. The van der Waals surface area contributed by atoms with E-state index in [4.69, 9.17) is 9.26 Å². The van der Waals surface area contributed by atoms with Crippen LogP contribution >= 0.6 is 0 Å². The molecule has 0 radical (unpaired) electrons. The van der Waals surface area contributed by atoms with Crippen LogP contribution in [0, 0.1) is 11.6 Å². The Labute approximate surface area is 189 Å². The van der Waals surface area contributed by atoms with Crippen molar-refractivity contribution in [2.24, 2.45) is 0 Å². The summed E-state index contributed by atoms with van der Waals surface area (Å²) >= 11 is 0. The zero-order valence-electron chi connectivity index (χ0n) is 18.6. The molecule has 0 saturated carbocycles. The normalized spacial score (nSPS) is 12.3. The van der Waals surface area contributed by atoms with E-state index in [2.05, 4.69) is 5.32 Å². The fourth-order valence-electron chi connectivity index (χ4n) is 3.49. The van der Waals surface area contributed by atoms with Gasteiger partial charge in [-0.15, -0.1) is 0 Å². The van der Waals surface area contributed by atoms with Gasteiger partial charge in [0.1, 0.15) is 23.4 Å². The summed E-state index contributed by atoms with van der Waals surface area (Å²) in [7, 11) is -0.782. The molecule has 2 aromatic carbocycles. The van der Waals surface area contributed by atoms with Crippen LogP contribution in [0.1, 0.15) is 27.7 Å². The molecule has 0 spiro atoms. The Balaban J connectivity index is 1.91. The molecule has 1 heterocycles. The summed E-state index contributed by atoms with van der Waals surface area (Å²) in [5.41, 5.74) is -0.0365. The molecule has 0 fully saturated rings. The molecular weight excluding hydrogens is 450 g/mol. The zero-order valence-corrected chi connectivity index (χ0v) is 19.6. The smallest absolute Gasteiger partial charge is 0.290 e. The topological polar surface area (TPSA) is 101 Å². The van der Waals surface area contributed by atoms with E-state index < -0.39 is 43.0 Å². The second-order valence-electron chi connectivity index (χ2n) is 8.58. The summed E-state index contributed by atoms with van der Waals surface area (Å²) in [5.74, 6) is -2.44. The molecule has 0 unspecified atom stereocenters. The van der Waals surface area contributed by atoms with E-state index in [1.54, 1.807) is 24.3 Å². The summed E-state index contributed by atoms with van der Waals surface area (Å²) in [6.07, 6.45) is -0.326. The highest BCUT2D eigenvalue weighted by Gasteiger charge is 2.28. The number of carbonyl (C=O) groups excluding carboxylic acids is 2. The minimum atomic E-state index is -2.27. The maximum Gasteiger partial charge on any atom is 0.290 e. The molecule has 0 aliphatic rings. The third-order valence-electron chi connectivity index (χ3n) is 5.02. The van der Waals surface area contributed by atoms with Crippen molar-refractivity contribution in [3.05, 3.63) is 81.3 Å². The number of H-pyrrole nitrogens is 1. The zero-order chi connectivity index (χ0) is 24.3. The Morgan fingerprint density at radius 2 is 1.70 bits per heavy atom. The molecule has 174 valence electrons. The van der Waals surface area contributed by atoms with Gasteiger partial charge in [0, 0.05) is 11.6 Å². The Morgan fingerprint density at radius 3 is 2.18 bits per heavy atom. The number of methoxy groups -OCH3 is 1. The van der Waals surface area contributed by atoms with Crippen LogP contribution in [-0.2, 0) is 11.2 Å². The predicted octanol–water partition coefficient (Wildman–Crippen LogP) is 3.08. The summed E-state index contributed by atoms with van der Waals surface area (Å²) in [5, 5.41) is 4.60. The van der Waals surface area contributed by atoms with Gasteiger partial charge >= 0.3 is 0 Å². The van der Waals surface area contributed by atoms with Gasteiger partial charge in [-0.2, -0.15) is 5.16 Å². The van der Waals surface area contributed by atoms with Gasteiger partial charge in [0.2, 0.25) is 5.76 Å². The number of halogens is 2. The van der Waals surface area contributed by atoms with Gasteiger partial charge in [-0.1, -0.05) is 31.8 Å². The van der Waals surface area contributed by atoms with Gasteiger partial charge in [-0.3, -0.25) is 14.4 Å². The lowest BCUT2D eigenvalue weighted by Crippen LogP contribution is -2.42. The molecule has 1 aromatic heterocycles. The third kappa shape index (κ3) is 5.64. The summed E-state index contributed by atoms with van der Waals surface area (Å²) in [6.45, 7) is 5.48. The van der Waals surface area contributed by atoms with Crippen molar-refractivity contribution < 1.29 is 27.6 Å². The Bertz CT molecular complexity index is 1210. The van der Waals surface area contributed by atoms with Crippen molar-refractivity contribution >= 4 is 25.0 Å². The van der Waals surface area contributed by atoms with Crippen molar-refractivity contribution in [1.29, 1.82) is 0 Å². The standard InChI is InChI=1S/C23H24F2N2O5Si/c1-31-15-7-5-14(6-8-15)21(26-23(30)19-12-20(29)27-32-19)18(28)11-13-9-16(24)22(17(25)10-13)33(2,3)4/h5-10,12,21H,11H2,1-4H3,(H,26,30)(H,27,29)/t21-/m1/s1. The van der Waals surface area contributed by atoms with Gasteiger partial charge < -0.3 is 14.6 Å². The Kier molecular flexibility index (Phi) is 6.97. The summed E-state index contributed by atoms with van der Waals surface area (Å²) in [4.78, 5) is 37.0. The predicted molar refractivity (Wildman–Crippen MR) is 121 cm³/mol. The van der Waals surface area contributed by atoms with E-state index in [0.29, 0.717) is 11.3 Å². The third-order valence-corrected chi connectivity index (χ3v) is 7.00. The van der Waals surface area contributed by atoms with E-state index in [-0.39, 0.29) is 22.9 Å². The molecule has 7 nitrogen and oxygen atoms in total. The van der Waals surface area contributed by atoms with Crippen molar-refractivity contribution in [1.82, 2.24) is 10.5 Å². The number of ketones is 1. The minimum absolute atomic E-state index is 0.0705. The highest BCUT2D eigenvalue weighted by molar-refractivity contribution is 6.88. The maximum atomic E-state index is 14.7. The first-order chi connectivity index (χ1) is 15.5. The number of hydrogen-bond donors (Lipinski definition) is 2. The van der Waals surface area contributed by atoms with Crippen LogP contribution in [0.5, 0.6) is 5.75 Å².